The topological polar surface area (TPSA) is 180 Å². The number of aromatic nitrogens is 3. The first-order chi connectivity index (χ1) is 28.9. The van der Waals surface area contributed by atoms with Crippen molar-refractivity contribution in [1.29, 1.82) is 0 Å². The van der Waals surface area contributed by atoms with Gasteiger partial charge in [0.25, 0.3) is 0 Å². The molecule has 2 aromatic heterocycles. The summed E-state index contributed by atoms with van der Waals surface area (Å²) >= 11 is 0. The molecule has 5 heterocycles. The number of fused-ring (bicyclic) bond motifs is 1. The van der Waals surface area contributed by atoms with Crippen molar-refractivity contribution in [2.24, 2.45) is 11.3 Å². The van der Waals surface area contributed by atoms with E-state index in [-0.39, 0.29) is 35.2 Å². The fourth-order valence-corrected chi connectivity index (χ4v) is 9.19. The van der Waals surface area contributed by atoms with Gasteiger partial charge in [0.2, 0.25) is 11.8 Å². The zero-order valence-electron chi connectivity index (χ0n) is 35.1. The van der Waals surface area contributed by atoms with Gasteiger partial charge in [0.05, 0.1) is 63.2 Å². The molecule has 4 N–H and O–H groups in total. The molecule has 15 heteroatoms. The highest BCUT2D eigenvalue weighted by Gasteiger charge is 2.55. The molecule has 0 radical (unpaired) electrons. The maximum Gasteiger partial charge on any atom is 0.407 e. The van der Waals surface area contributed by atoms with Gasteiger partial charge in [0.1, 0.15) is 17.9 Å². The van der Waals surface area contributed by atoms with E-state index in [2.05, 4.69) is 69.1 Å². The zero-order chi connectivity index (χ0) is 42.3. The van der Waals surface area contributed by atoms with Gasteiger partial charge in [-0.2, -0.15) is 0 Å². The number of rotatable bonds is 12. The van der Waals surface area contributed by atoms with Crippen molar-refractivity contribution in [2.45, 2.75) is 96.4 Å². The van der Waals surface area contributed by atoms with Crippen LogP contribution in [0, 0.1) is 11.3 Å². The summed E-state index contributed by atoms with van der Waals surface area (Å²) in [6.45, 7) is 7.76. The van der Waals surface area contributed by atoms with Gasteiger partial charge in [-0.15, -0.1) is 0 Å². The highest BCUT2D eigenvalue weighted by Crippen LogP contribution is 2.58. The molecular weight excluding hydrogens is 767 g/mol. The minimum absolute atomic E-state index is 0.109. The molecule has 318 valence electrons. The van der Waals surface area contributed by atoms with Crippen LogP contribution >= 0.6 is 0 Å². The molecule has 2 saturated heterocycles. The predicted octanol–water partition coefficient (Wildman–Crippen LogP) is 6.63. The first-order valence-electron chi connectivity index (χ1n) is 20.8. The lowest BCUT2D eigenvalue weighted by Gasteiger charge is -2.31. The van der Waals surface area contributed by atoms with Crippen LogP contribution in [-0.2, 0) is 41.8 Å². The number of H-pyrrole nitrogens is 2. The van der Waals surface area contributed by atoms with Gasteiger partial charge in [-0.25, -0.2) is 14.6 Å². The number of carbonyl (C=O) groups excluding carboxylic acids is 4. The van der Waals surface area contributed by atoms with E-state index in [4.69, 9.17) is 23.9 Å². The van der Waals surface area contributed by atoms with E-state index in [1.54, 1.807) is 6.92 Å². The van der Waals surface area contributed by atoms with Crippen molar-refractivity contribution in [2.75, 3.05) is 34.4 Å². The number of imidazole rings is 1. The smallest absolute Gasteiger partial charge is 0.407 e. The SMILES string of the molecule is COC(=O)N[C@H](C(=O)N1CC2(CC2)C[C@H]1c1ncc(-c2ccc(-c3ccc(-c4[nH]c([C@@H]5CCCN5C(=O)[C@@H](NC(=O)OC)[C@@H](C)OC)c5c4COC5)cc3)cc2)[nH]1)C(C)C. The number of hydrogen-bond donors (Lipinski definition) is 4. The van der Waals surface area contributed by atoms with Crippen LogP contribution in [0.15, 0.2) is 54.7 Å². The van der Waals surface area contributed by atoms with Crippen LogP contribution in [0.25, 0.3) is 33.6 Å². The monoisotopic (exact) mass is 821 g/mol. The molecule has 5 atom stereocenters. The molecule has 0 unspecified atom stereocenters. The highest BCUT2D eigenvalue weighted by atomic mass is 16.5. The van der Waals surface area contributed by atoms with E-state index in [0.717, 1.165) is 88.4 Å². The van der Waals surface area contributed by atoms with Gasteiger partial charge < -0.3 is 49.3 Å². The van der Waals surface area contributed by atoms with E-state index in [0.29, 0.717) is 26.3 Å². The summed E-state index contributed by atoms with van der Waals surface area (Å²) in [7, 11) is 4.09. The van der Waals surface area contributed by atoms with Crippen LogP contribution < -0.4 is 10.6 Å². The van der Waals surface area contributed by atoms with Crippen LogP contribution in [0.1, 0.15) is 87.6 Å². The average Bonchev–Trinajstić information content (AvgIpc) is 3.89. The number of hydrogen-bond acceptors (Lipinski definition) is 9. The number of alkyl carbamates (subject to hydrolysis) is 2. The van der Waals surface area contributed by atoms with Gasteiger partial charge >= 0.3 is 12.2 Å². The van der Waals surface area contributed by atoms with Gasteiger partial charge in [-0.05, 0) is 72.6 Å². The lowest BCUT2D eigenvalue weighted by atomic mass is 9.99. The number of methoxy groups -OCH3 is 3. The lowest BCUT2D eigenvalue weighted by Crippen LogP contribution is -2.54. The Bertz CT molecular complexity index is 2230. The van der Waals surface area contributed by atoms with E-state index in [9.17, 15) is 19.2 Å². The number of benzene rings is 2. The number of nitrogens with one attached hydrogen (secondary N) is 4. The second kappa shape index (κ2) is 16.8. The standard InChI is InChI=1S/C45H55N7O8/c1-25(2)36(49-43(55)58-5)41(53)52-24-45(17-18-45)20-35(52)40-46-21-33(47-40)29-13-9-27(10-14-29)28-11-15-30(16-12-28)38-31-22-60-23-32(31)39(48-38)34-8-7-19-51(34)42(54)37(26(3)57-4)50-44(56)59-6/h9-16,21,25-26,34-37,48H,7-8,17-20,22-24H2,1-6H3,(H,46,47)(H,49,55)(H,50,56)/t26-,34+,35+,36+,37+/m1/s1. The molecule has 3 aliphatic heterocycles. The minimum atomic E-state index is -0.891. The molecule has 1 saturated carbocycles. The summed E-state index contributed by atoms with van der Waals surface area (Å²) in [6.07, 6.45) is 4.60. The molecule has 4 amide bonds. The summed E-state index contributed by atoms with van der Waals surface area (Å²) in [6, 6.07) is 14.8. The van der Waals surface area contributed by atoms with Crippen LogP contribution in [0.4, 0.5) is 9.59 Å². The third-order valence-corrected chi connectivity index (χ3v) is 12.9. The second-order valence-corrected chi connectivity index (χ2v) is 17.0. The maximum absolute atomic E-state index is 13.9. The summed E-state index contributed by atoms with van der Waals surface area (Å²) in [5, 5.41) is 5.42. The van der Waals surface area contributed by atoms with Gasteiger partial charge in [0, 0.05) is 37.0 Å². The van der Waals surface area contributed by atoms with E-state index in [1.165, 1.54) is 21.3 Å². The lowest BCUT2D eigenvalue weighted by molar-refractivity contribution is -0.137. The first-order valence-corrected chi connectivity index (χ1v) is 20.8. The molecule has 1 aliphatic carbocycles. The summed E-state index contributed by atoms with van der Waals surface area (Å²) in [4.78, 5) is 67.8. The van der Waals surface area contributed by atoms with E-state index >= 15 is 0 Å². The Labute approximate surface area is 349 Å². The number of carbonyl (C=O) groups is 4. The Morgan fingerprint density at radius 1 is 0.783 bits per heavy atom. The molecule has 4 aliphatic rings. The van der Waals surface area contributed by atoms with Crippen molar-refractivity contribution < 1.29 is 38.1 Å². The van der Waals surface area contributed by atoms with Crippen LogP contribution in [0.2, 0.25) is 0 Å². The van der Waals surface area contributed by atoms with E-state index < -0.39 is 30.4 Å². The molecular formula is C45H55N7O8. The number of amides is 4. The fourth-order valence-electron chi connectivity index (χ4n) is 9.19. The first kappa shape index (κ1) is 41.1. The third kappa shape index (κ3) is 7.87. The van der Waals surface area contributed by atoms with Crippen molar-refractivity contribution in [3.8, 4) is 33.6 Å². The Balaban J connectivity index is 0.975. The molecule has 60 heavy (non-hydrogen) atoms. The fraction of sp³-hybridized carbons (Fsp3) is 0.489. The average molecular weight is 822 g/mol. The number of likely N-dealkylation sites (tertiary alicyclic amines) is 2. The molecule has 2 aromatic carbocycles. The summed E-state index contributed by atoms with van der Waals surface area (Å²) in [5.74, 6) is 0.313. The normalized spacial score (nSPS) is 20.5. The van der Waals surface area contributed by atoms with E-state index in [1.807, 2.05) is 29.8 Å². The van der Waals surface area contributed by atoms with Crippen molar-refractivity contribution in [1.82, 2.24) is 35.4 Å². The van der Waals surface area contributed by atoms with Crippen LogP contribution in [0.3, 0.4) is 0 Å². The molecule has 0 bridgehead atoms. The maximum atomic E-state index is 13.9. The molecule has 4 aromatic rings. The number of ether oxygens (including phenoxy) is 4. The minimum Gasteiger partial charge on any atom is -0.453 e. The third-order valence-electron chi connectivity index (χ3n) is 12.9. The summed E-state index contributed by atoms with van der Waals surface area (Å²) < 4.78 is 21.0. The predicted molar refractivity (Wildman–Crippen MR) is 222 cm³/mol. The van der Waals surface area contributed by atoms with Crippen molar-refractivity contribution in [3.63, 3.8) is 0 Å². The van der Waals surface area contributed by atoms with Crippen molar-refractivity contribution >= 4 is 24.0 Å². The van der Waals surface area contributed by atoms with Crippen molar-refractivity contribution in [3.05, 3.63) is 77.4 Å². The van der Waals surface area contributed by atoms with Crippen LogP contribution in [-0.4, -0.2) is 101 Å². The molecule has 8 rings (SSSR count). The van der Waals surface area contributed by atoms with Gasteiger partial charge in [-0.3, -0.25) is 9.59 Å². The molecule has 1 spiro atoms. The largest absolute Gasteiger partial charge is 0.453 e. The van der Waals surface area contributed by atoms with Crippen LogP contribution in [0.5, 0.6) is 0 Å². The highest BCUT2D eigenvalue weighted by molar-refractivity contribution is 5.88. The Morgan fingerprint density at radius 3 is 2.00 bits per heavy atom. The molecule has 3 fully saturated rings. The molecule has 15 nitrogen and oxygen atoms in total. The zero-order valence-corrected chi connectivity index (χ0v) is 35.1. The van der Waals surface area contributed by atoms with Gasteiger partial charge in [0.15, 0.2) is 0 Å². The Hall–Kier alpha value is -5.67. The Kier molecular flexibility index (Phi) is 11.5. The number of aromatic amines is 2. The van der Waals surface area contributed by atoms with Gasteiger partial charge in [-0.1, -0.05) is 62.4 Å². The summed E-state index contributed by atoms with van der Waals surface area (Å²) in [5.41, 5.74) is 9.26. The second-order valence-electron chi connectivity index (χ2n) is 17.0. The quantitative estimate of drug-likeness (QED) is 0.122. The number of nitrogens with zero attached hydrogens (tertiary/aromatic N) is 3. The Morgan fingerprint density at radius 2 is 1.38 bits per heavy atom.